The fourth-order valence-electron chi connectivity index (χ4n) is 6.55. The van der Waals surface area contributed by atoms with Crippen molar-refractivity contribution in [1.82, 2.24) is 0 Å². The summed E-state index contributed by atoms with van der Waals surface area (Å²) in [5.41, 5.74) is 6.91. The minimum absolute atomic E-state index is 0.927. The monoisotopic (exact) mass is 526 g/mol. The Morgan fingerprint density at radius 2 is 1.00 bits per heavy atom. The second kappa shape index (κ2) is 8.29. The van der Waals surface area contributed by atoms with Crippen molar-refractivity contribution < 1.29 is 4.42 Å². The third-order valence-electron chi connectivity index (χ3n) is 8.26. The number of rotatable bonds is 2. The van der Waals surface area contributed by atoms with Gasteiger partial charge in [0.2, 0.25) is 0 Å². The Morgan fingerprint density at radius 3 is 1.70 bits per heavy atom. The average Bonchev–Trinajstić information content (AvgIpc) is 3.58. The number of benzene rings is 7. The Morgan fingerprint density at radius 1 is 0.400 bits per heavy atom. The summed E-state index contributed by atoms with van der Waals surface area (Å²) in [4.78, 5) is 0. The third-order valence-corrected chi connectivity index (χ3v) is 9.40. The van der Waals surface area contributed by atoms with Gasteiger partial charge in [-0.3, -0.25) is 0 Å². The average molecular weight is 527 g/mol. The van der Waals surface area contributed by atoms with Crippen LogP contribution in [0.15, 0.2) is 138 Å². The van der Waals surface area contributed by atoms with Gasteiger partial charge in [0.15, 0.2) is 0 Å². The molecule has 186 valence electrons. The van der Waals surface area contributed by atoms with Crippen LogP contribution in [0.25, 0.3) is 85.9 Å². The SMILES string of the molecule is c1ccc(-c2c3ccccc3c(-c3ccc4oc5c(ccc6sc7ccccc7c65)c4c3)c3ccccc23)cc1. The van der Waals surface area contributed by atoms with Crippen LogP contribution < -0.4 is 0 Å². The highest BCUT2D eigenvalue weighted by atomic mass is 32.1. The Hall–Kier alpha value is -4.92. The van der Waals surface area contributed by atoms with Crippen molar-refractivity contribution >= 4 is 75.0 Å². The molecule has 1 nitrogen and oxygen atoms in total. The molecule has 2 heterocycles. The van der Waals surface area contributed by atoms with Crippen molar-refractivity contribution in [2.45, 2.75) is 0 Å². The van der Waals surface area contributed by atoms with Crippen LogP contribution >= 0.6 is 11.3 Å². The first kappa shape index (κ1) is 22.0. The van der Waals surface area contributed by atoms with Gasteiger partial charge in [0.05, 0.1) is 0 Å². The Kier molecular flexibility index (Phi) is 4.55. The molecule has 0 aliphatic carbocycles. The van der Waals surface area contributed by atoms with E-state index in [0.717, 1.165) is 16.6 Å². The summed E-state index contributed by atoms with van der Waals surface area (Å²) >= 11 is 1.83. The van der Waals surface area contributed by atoms with Crippen LogP contribution in [-0.4, -0.2) is 0 Å². The summed E-state index contributed by atoms with van der Waals surface area (Å²) in [6.07, 6.45) is 0. The highest BCUT2D eigenvalue weighted by Gasteiger charge is 2.19. The first-order valence-corrected chi connectivity index (χ1v) is 14.4. The fraction of sp³-hybridized carbons (Fsp3) is 0. The first-order chi connectivity index (χ1) is 19.8. The topological polar surface area (TPSA) is 13.1 Å². The molecule has 0 saturated heterocycles. The van der Waals surface area contributed by atoms with Crippen molar-refractivity contribution in [3.8, 4) is 22.3 Å². The number of furan rings is 1. The molecule has 0 radical (unpaired) electrons. The van der Waals surface area contributed by atoms with E-state index in [1.165, 1.54) is 69.4 Å². The molecule has 0 spiro atoms. The molecule has 9 aromatic rings. The molecule has 7 aromatic carbocycles. The van der Waals surface area contributed by atoms with Gasteiger partial charge in [0.1, 0.15) is 11.2 Å². The maximum atomic E-state index is 6.58. The van der Waals surface area contributed by atoms with E-state index in [1.807, 2.05) is 11.3 Å². The fourth-order valence-corrected chi connectivity index (χ4v) is 7.66. The van der Waals surface area contributed by atoms with E-state index >= 15 is 0 Å². The van der Waals surface area contributed by atoms with Gasteiger partial charge in [0.25, 0.3) is 0 Å². The zero-order valence-corrected chi connectivity index (χ0v) is 22.3. The van der Waals surface area contributed by atoms with E-state index in [4.69, 9.17) is 4.42 Å². The molecular formula is C38H22OS. The van der Waals surface area contributed by atoms with Crippen molar-refractivity contribution in [2.75, 3.05) is 0 Å². The van der Waals surface area contributed by atoms with E-state index < -0.39 is 0 Å². The third kappa shape index (κ3) is 3.03. The molecule has 40 heavy (non-hydrogen) atoms. The molecule has 0 aliphatic rings. The number of thiophene rings is 1. The molecule has 0 unspecified atom stereocenters. The van der Waals surface area contributed by atoms with Crippen LogP contribution in [0.1, 0.15) is 0 Å². The number of fused-ring (bicyclic) bond motifs is 9. The van der Waals surface area contributed by atoms with Crippen LogP contribution in [-0.2, 0) is 0 Å². The Labute approximate surface area is 234 Å². The van der Waals surface area contributed by atoms with Crippen molar-refractivity contribution in [2.24, 2.45) is 0 Å². The summed E-state index contributed by atoms with van der Waals surface area (Å²) in [5, 5.41) is 9.88. The maximum Gasteiger partial charge on any atom is 0.144 e. The quantitative estimate of drug-likeness (QED) is 0.204. The lowest BCUT2D eigenvalue weighted by Crippen LogP contribution is -1.90. The predicted molar refractivity (Wildman–Crippen MR) is 172 cm³/mol. The predicted octanol–water partition coefficient (Wildman–Crippen LogP) is 11.6. The lowest BCUT2D eigenvalue weighted by atomic mass is 9.86. The second-order valence-corrected chi connectivity index (χ2v) is 11.5. The minimum Gasteiger partial charge on any atom is -0.455 e. The van der Waals surface area contributed by atoms with Gasteiger partial charge >= 0.3 is 0 Å². The normalized spacial score (nSPS) is 12.0. The van der Waals surface area contributed by atoms with Gasteiger partial charge in [-0.15, -0.1) is 11.3 Å². The van der Waals surface area contributed by atoms with E-state index in [-0.39, 0.29) is 0 Å². The second-order valence-electron chi connectivity index (χ2n) is 10.4. The standard InChI is InChI=1S/C38H22OS/c1-2-10-23(11-3-1)35-25-12-4-6-14-27(25)36(28-15-7-5-13-26(28)35)24-18-20-32-31(22-24)29-19-21-34-37(38(29)39-32)30-16-8-9-17-33(30)40-34/h1-22H. The van der Waals surface area contributed by atoms with E-state index in [2.05, 4.69) is 133 Å². The smallest absolute Gasteiger partial charge is 0.144 e. The van der Waals surface area contributed by atoms with Gasteiger partial charge in [-0.2, -0.15) is 0 Å². The molecular weight excluding hydrogens is 504 g/mol. The summed E-state index contributed by atoms with van der Waals surface area (Å²) < 4.78 is 9.14. The minimum atomic E-state index is 0.927. The Balaban J connectivity index is 1.38. The van der Waals surface area contributed by atoms with Crippen molar-refractivity contribution in [1.29, 1.82) is 0 Å². The van der Waals surface area contributed by atoms with Crippen LogP contribution in [0, 0.1) is 0 Å². The van der Waals surface area contributed by atoms with Crippen LogP contribution in [0.2, 0.25) is 0 Å². The molecule has 2 heteroatoms. The van der Waals surface area contributed by atoms with E-state index in [9.17, 15) is 0 Å². The van der Waals surface area contributed by atoms with Crippen molar-refractivity contribution in [3.05, 3.63) is 133 Å². The first-order valence-electron chi connectivity index (χ1n) is 13.6. The van der Waals surface area contributed by atoms with E-state index in [1.54, 1.807) is 0 Å². The van der Waals surface area contributed by atoms with E-state index in [0.29, 0.717) is 0 Å². The van der Waals surface area contributed by atoms with Crippen LogP contribution in [0.3, 0.4) is 0 Å². The highest BCUT2D eigenvalue weighted by Crippen LogP contribution is 2.46. The maximum absolute atomic E-state index is 6.58. The highest BCUT2D eigenvalue weighted by molar-refractivity contribution is 7.26. The summed E-state index contributed by atoms with van der Waals surface area (Å²) in [6, 6.07) is 48.2. The molecule has 0 fully saturated rings. The lowest BCUT2D eigenvalue weighted by molar-refractivity contribution is 0.673. The van der Waals surface area contributed by atoms with Crippen LogP contribution in [0.4, 0.5) is 0 Å². The molecule has 0 N–H and O–H groups in total. The molecule has 0 saturated carbocycles. The molecule has 0 amide bonds. The summed E-state index contributed by atoms with van der Waals surface area (Å²) in [5.74, 6) is 0. The number of hydrogen-bond acceptors (Lipinski definition) is 2. The number of hydrogen-bond donors (Lipinski definition) is 0. The van der Waals surface area contributed by atoms with Gasteiger partial charge in [-0.25, -0.2) is 0 Å². The van der Waals surface area contributed by atoms with Gasteiger partial charge < -0.3 is 4.42 Å². The van der Waals surface area contributed by atoms with Crippen LogP contribution in [0.5, 0.6) is 0 Å². The Bertz CT molecular complexity index is 2370. The van der Waals surface area contributed by atoms with Crippen molar-refractivity contribution in [3.63, 3.8) is 0 Å². The molecule has 0 aliphatic heterocycles. The zero-order chi connectivity index (χ0) is 26.2. The van der Waals surface area contributed by atoms with Gasteiger partial charge in [0, 0.05) is 30.9 Å². The molecule has 0 bridgehead atoms. The summed E-state index contributed by atoms with van der Waals surface area (Å²) in [6.45, 7) is 0. The van der Waals surface area contributed by atoms with Gasteiger partial charge in [-0.1, -0.05) is 103 Å². The molecule has 0 atom stereocenters. The molecule has 9 rings (SSSR count). The summed E-state index contributed by atoms with van der Waals surface area (Å²) in [7, 11) is 0. The molecule has 2 aromatic heterocycles. The largest absolute Gasteiger partial charge is 0.455 e. The van der Waals surface area contributed by atoms with Gasteiger partial charge in [-0.05, 0) is 74.1 Å². The lowest BCUT2D eigenvalue weighted by Gasteiger charge is -2.17. The zero-order valence-electron chi connectivity index (χ0n) is 21.5.